The van der Waals surface area contributed by atoms with E-state index in [0.717, 1.165) is 17.3 Å². The minimum Gasteiger partial charge on any atom is -0.399 e. The van der Waals surface area contributed by atoms with Crippen LogP contribution >= 0.6 is 0 Å². The lowest BCUT2D eigenvalue weighted by molar-refractivity contribution is 0.305. The van der Waals surface area contributed by atoms with Crippen LogP contribution in [0.2, 0.25) is 0 Å². The quantitative estimate of drug-likeness (QED) is 0.857. The van der Waals surface area contributed by atoms with Gasteiger partial charge in [0.25, 0.3) is 5.89 Å². The molecule has 2 N–H and O–H groups in total. The second kappa shape index (κ2) is 5.65. The summed E-state index contributed by atoms with van der Waals surface area (Å²) in [6, 6.07) is 7.57. The molecule has 1 fully saturated rings. The molecule has 1 aliphatic carbocycles. The minimum atomic E-state index is 0.455. The van der Waals surface area contributed by atoms with Gasteiger partial charge in [-0.3, -0.25) is 0 Å². The topological polar surface area (TPSA) is 64.9 Å². The molecule has 0 atom stereocenters. The van der Waals surface area contributed by atoms with Crippen molar-refractivity contribution in [1.82, 2.24) is 10.1 Å². The molecular formula is C16H21N3O. The highest BCUT2D eigenvalue weighted by Crippen LogP contribution is 2.36. The predicted octanol–water partition coefficient (Wildman–Crippen LogP) is 4.00. The predicted molar refractivity (Wildman–Crippen MR) is 79.1 cm³/mol. The van der Waals surface area contributed by atoms with Gasteiger partial charge in [-0.05, 0) is 49.8 Å². The van der Waals surface area contributed by atoms with E-state index in [1.54, 1.807) is 0 Å². The first-order valence-corrected chi connectivity index (χ1v) is 7.45. The summed E-state index contributed by atoms with van der Waals surface area (Å²) in [6.07, 6.45) is 6.20. The average molecular weight is 271 g/mol. The maximum Gasteiger partial charge on any atom is 0.258 e. The summed E-state index contributed by atoms with van der Waals surface area (Å²) in [4.78, 5) is 4.56. The zero-order valence-corrected chi connectivity index (χ0v) is 11.9. The van der Waals surface area contributed by atoms with Crippen LogP contribution < -0.4 is 5.73 Å². The van der Waals surface area contributed by atoms with Crippen LogP contribution in [0, 0.1) is 5.92 Å². The van der Waals surface area contributed by atoms with Gasteiger partial charge in [-0.2, -0.15) is 4.98 Å². The minimum absolute atomic E-state index is 0.455. The molecule has 3 rings (SSSR count). The Hall–Kier alpha value is -1.84. The first-order valence-electron chi connectivity index (χ1n) is 7.45. The molecule has 1 aliphatic rings. The van der Waals surface area contributed by atoms with Crippen molar-refractivity contribution in [2.24, 2.45) is 5.92 Å². The molecule has 0 unspecified atom stereocenters. The first-order chi connectivity index (χ1) is 9.76. The number of nitrogens with zero attached hydrogens (tertiary/aromatic N) is 2. The van der Waals surface area contributed by atoms with Crippen LogP contribution in [0.15, 0.2) is 28.8 Å². The number of rotatable bonds is 3. The van der Waals surface area contributed by atoms with Crippen molar-refractivity contribution >= 4 is 5.69 Å². The van der Waals surface area contributed by atoms with E-state index in [1.165, 1.54) is 32.1 Å². The van der Waals surface area contributed by atoms with Crippen LogP contribution in [-0.2, 0) is 0 Å². The van der Waals surface area contributed by atoms with Crippen molar-refractivity contribution < 1.29 is 4.52 Å². The van der Waals surface area contributed by atoms with Gasteiger partial charge >= 0.3 is 0 Å². The Kier molecular flexibility index (Phi) is 3.72. The summed E-state index contributed by atoms with van der Waals surface area (Å²) in [5, 5.41) is 4.17. The maximum atomic E-state index is 5.79. The van der Waals surface area contributed by atoms with Crippen molar-refractivity contribution in [3.05, 3.63) is 30.1 Å². The zero-order valence-electron chi connectivity index (χ0n) is 11.9. The molecule has 1 aromatic heterocycles. The highest BCUT2D eigenvalue weighted by atomic mass is 16.5. The van der Waals surface area contributed by atoms with Crippen molar-refractivity contribution in [1.29, 1.82) is 0 Å². The molecule has 1 heterocycles. The molecule has 4 nitrogen and oxygen atoms in total. The summed E-state index contributed by atoms with van der Waals surface area (Å²) in [6.45, 7) is 2.28. The van der Waals surface area contributed by atoms with Crippen molar-refractivity contribution in [3.63, 3.8) is 0 Å². The Labute approximate surface area is 119 Å². The maximum absolute atomic E-state index is 5.79. The second-order valence-corrected chi connectivity index (χ2v) is 5.71. The van der Waals surface area contributed by atoms with Crippen LogP contribution in [0.4, 0.5) is 5.69 Å². The fraction of sp³-hybridized carbons (Fsp3) is 0.500. The first kappa shape index (κ1) is 13.2. The van der Waals surface area contributed by atoms with E-state index in [0.29, 0.717) is 17.5 Å². The van der Waals surface area contributed by atoms with Gasteiger partial charge in [0.2, 0.25) is 0 Å². The van der Waals surface area contributed by atoms with Crippen LogP contribution in [0.1, 0.15) is 50.8 Å². The normalized spacial score (nSPS) is 22.9. The lowest BCUT2D eigenvalue weighted by Crippen LogP contribution is -2.13. The van der Waals surface area contributed by atoms with E-state index in [4.69, 9.17) is 10.3 Å². The number of nitrogen functional groups attached to an aromatic ring is 1. The van der Waals surface area contributed by atoms with Crippen LogP contribution in [-0.4, -0.2) is 10.1 Å². The molecule has 2 aromatic rings. The molecule has 0 saturated heterocycles. The fourth-order valence-electron chi connectivity index (χ4n) is 3.02. The molecule has 0 amide bonds. The van der Waals surface area contributed by atoms with Gasteiger partial charge in [-0.25, -0.2) is 0 Å². The molecule has 0 radical (unpaired) electrons. The SMILES string of the molecule is CCC1CCC(c2noc(-c3cccc(N)c3)n2)CC1. The number of aromatic nitrogens is 2. The van der Waals surface area contributed by atoms with E-state index in [9.17, 15) is 0 Å². The lowest BCUT2D eigenvalue weighted by Gasteiger charge is -2.25. The van der Waals surface area contributed by atoms with Gasteiger partial charge < -0.3 is 10.3 Å². The van der Waals surface area contributed by atoms with E-state index < -0.39 is 0 Å². The van der Waals surface area contributed by atoms with Gasteiger partial charge in [0.05, 0.1) is 0 Å². The van der Waals surface area contributed by atoms with Gasteiger partial charge in [0.15, 0.2) is 5.82 Å². The van der Waals surface area contributed by atoms with Gasteiger partial charge in [0.1, 0.15) is 0 Å². The van der Waals surface area contributed by atoms with Gasteiger partial charge in [0, 0.05) is 17.2 Å². The third kappa shape index (κ3) is 2.69. The van der Waals surface area contributed by atoms with Gasteiger partial charge in [-0.1, -0.05) is 24.6 Å². The molecule has 4 heteroatoms. The summed E-state index contributed by atoms with van der Waals surface area (Å²) in [5.41, 5.74) is 7.39. The molecule has 1 saturated carbocycles. The Morgan fingerprint density at radius 3 is 2.75 bits per heavy atom. The third-order valence-corrected chi connectivity index (χ3v) is 4.36. The summed E-state index contributed by atoms with van der Waals surface area (Å²) >= 11 is 0. The number of benzene rings is 1. The lowest BCUT2D eigenvalue weighted by atomic mass is 9.80. The standard InChI is InChI=1S/C16H21N3O/c1-2-11-6-8-12(9-7-11)15-18-16(20-19-15)13-4-3-5-14(17)10-13/h3-5,10-12H,2,6-9,17H2,1H3. The van der Waals surface area contributed by atoms with E-state index in [2.05, 4.69) is 17.1 Å². The molecule has 1 aromatic carbocycles. The van der Waals surface area contributed by atoms with E-state index in [-0.39, 0.29) is 0 Å². The monoisotopic (exact) mass is 271 g/mol. The summed E-state index contributed by atoms with van der Waals surface area (Å²) < 4.78 is 5.40. The van der Waals surface area contributed by atoms with Gasteiger partial charge in [-0.15, -0.1) is 0 Å². The van der Waals surface area contributed by atoms with Crippen molar-refractivity contribution in [2.75, 3.05) is 5.73 Å². The Balaban J connectivity index is 1.74. The molecule has 0 spiro atoms. The van der Waals surface area contributed by atoms with Crippen molar-refractivity contribution in [3.8, 4) is 11.5 Å². The molecule has 0 bridgehead atoms. The van der Waals surface area contributed by atoms with Crippen LogP contribution in [0.25, 0.3) is 11.5 Å². The van der Waals surface area contributed by atoms with Crippen LogP contribution in [0.3, 0.4) is 0 Å². The van der Waals surface area contributed by atoms with Crippen molar-refractivity contribution in [2.45, 2.75) is 44.9 Å². The fourth-order valence-corrected chi connectivity index (χ4v) is 3.02. The second-order valence-electron chi connectivity index (χ2n) is 5.71. The number of anilines is 1. The molecule has 106 valence electrons. The number of hydrogen-bond donors (Lipinski definition) is 1. The highest BCUT2D eigenvalue weighted by molar-refractivity contribution is 5.59. The average Bonchev–Trinajstić information content (AvgIpc) is 2.97. The Morgan fingerprint density at radius 2 is 2.05 bits per heavy atom. The molecule has 20 heavy (non-hydrogen) atoms. The highest BCUT2D eigenvalue weighted by Gasteiger charge is 2.25. The smallest absolute Gasteiger partial charge is 0.258 e. The summed E-state index contributed by atoms with van der Waals surface area (Å²) in [5.74, 6) is 2.77. The zero-order chi connectivity index (χ0) is 13.9. The third-order valence-electron chi connectivity index (χ3n) is 4.36. The molecule has 0 aliphatic heterocycles. The van der Waals surface area contributed by atoms with E-state index >= 15 is 0 Å². The largest absolute Gasteiger partial charge is 0.399 e. The van der Waals surface area contributed by atoms with E-state index in [1.807, 2.05) is 24.3 Å². The Bertz CT molecular complexity index is 571. The summed E-state index contributed by atoms with van der Waals surface area (Å²) in [7, 11) is 0. The van der Waals surface area contributed by atoms with Crippen LogP contribution in [0.5, 0.6) is 0 Å². The Morgan fingerprint density at radius 1 is 1.25 bits per heavy atom. The molecular weight excluding hydrogens is 250 g/mol. The number of nitrogens with two attached hydrogens (primary N) is 1. The number of hydrogen-bond acceptors (Lipinski definition) is 4.